The van der Waals surface area contributed by atoms with Crippen molar-refractivity contribution in [3.05, 3.63) is 54.2 Å². The maximum atomic E-state index is 12.0. The van der Waals surface area contributed by atoms with Gasteiger partial charge in [-0.15, -0.1) is 0 Å². The maximum Gasteiger partial charge on any atom is 0.296 e. The highest BCUT2D eigenvalue weighted by Crippen LogP contribution is 2.14. The van der Waals surface area contributed by atoms with Crippen molar-refractivity contribution >= 4 is 10.1 Å². The standard InChI is InChI=1S/C18H23NO4S/c1-16-9-11-17(12-10-16)24(20,21)23-15-7-3-2-6-14-22-18-8-4-5-13-19-18/h4-5,8-13H,2-3,6-7,14-15H2,1H3. The molecule has 0 saturated carbocycles. The third kappa shape index (κ3) is 6.29. The second kappa shape index (κ2) is 9.39. The van der Waals surface area contributed by atoms with Gasteiger partial charge in [0.2, 0.25) is 5.88 Å². The second-order valence-corrected chi connectivity index (χ2v) is 7.14. The van der Waals surface area contributed by atoms with Gasteiger partial charge >= 0.3 is 0 Å². The molecule has 6 heteroatoms. The number of rotatable bonds is 10. The number of aromatic nitrogens is 1. The Kier molecular flexibility index (Phi) is 7.21. The molecule has 0 bridgehead atoms. The zero-order valence-corrected chi connectivity index (χ0v) is 14.7. The van der Waals surface area contributed by atoms with Crippen molar-refractivity contribution in [1.82, 2.24) is 4.98 Å². The summed E-state index contributed by atoms with van der Waals surface area (Å²) in [5, 5.41) is 0. The number of hydrogen-bond donors (Lipinski definition) is 0. The van der Waals surface area contributed by atoms with Gasteiger partial charge in [-0.1, -0.05) is 30.2 Å². The topological polar surface area (TPSA) is 65.5 Å². The first-order valence-corrected chi connectivity index (χ1v) is 9.49. The Labute approximate surface area is 143 Å². The molecule has 0 aliphatic rings. The van der Waals surface area contributed by atoms with E-state index >= 15 is 0 Å². The van der Waals surface area contributed by atoms with Crippen LogP contribution in [-0.2, 0) is 14.3 Å². The van der Waals surface area contributed by atoms with E-state index in [4.69, 9.17) is 8.92 Å². The Bertz CT molecular complexity index is 700. The van der Waals surface area contributed by atoms with E-state index in [1.807, 2.05) is 25.1 Å². The number of ether oxygens (including phenoxy) is 1. The fourth-order valence-electron chi connectivity index (χ4n) is 2.11. The Morgan fingerprint density at radius 2 is 1.62 bits per heavy atom. The van der Waals surface area contributed by atoms with Gasteiger partial charge in [0.1, 0.15) is 0 Å². The second-order valence-electron chi connectivity index (χ2n) is 5.52. The summed E-state index contributed by atoms with van der Waals surface area (Å²) in [5.74, 6) is 0.630. The lowest BCUT2D eigenvalue weighted by Crippen LogP contribution is -2.07. The SMILES string of the molecule is Cc1ccc(S(=O)(=O)OCCCCCCOc2ccccn2)cc1. The Morgan fingerprint density at radius 3 is 2.29 bits per heavy atom. The van der Waals surface area contributed by atoms with Gasteiger partial charge in [0, 0.05) is 12.3 Å². The van der Waals surface area contributed by atoms with Crippen LogP contribution in [0.4, 0.5) is 0 Å². The summed E-state index contributed by atoms with van der Waals surface area (Å²) in [6.07, 6.45) is 5.16. The number of benzene rings is 1. The van der Waals surface area contributed by atoms with Crippen molar-refractivity contribution in [3.8, 4) is 5.88 Å². The van der Waals surface area contributed by atoms with Gasteiger partial charge in [-0.25, -0.2) is 4.98 Å². The first-order valence-electron chi connectivity index (χ1n) is 8.08. The molecule has 0 spiro atoms. The fourth-order valence-corrected chi connectivity index (χ4v) is 3.05. The number of unbranched alkanes of at least 4 members (excludes halogenated alkanes) is 3. The molecule has 2 aromatic rings. The Morgan fingerprint density at radius 1 is 0.917 bits per heavy atom. The van der Waals surface area contributed by atoms with E-state index in [2.05, 4.69) is 4.98 Å². The summed E-state index contributed by atoms with van der Waals surface area (Å²) >= 11 is 0. The van der Waals surface area contributed by atoms with Crippen LogP contribution in [0.3, 0.4) is 0 Å². The quantitative estimate of drug-likeness (QED) is 0.483. The minimum atomic E-state index is -3.64. The number of nitrogens with zero attached hydrogens (tertiary/aromatic N) is 1. The van der Waals surface area contributed by atoms with Crippen LogP contribution in [0.25, 0.3) is 0 Å². The van der Waals surface area contributed by atoms with Crippen LogP contribution in [0.5, 0.6) is 5.88 Å². The zero-order chi connectivity index (χ0) is 17.3. The number of pyridine rings is 1. The lowest BCUT2D eigenvalue weighted by atomic mass is 10.2. The van der Waals surface area contributed by atoms with Gasteiger partial charge in [-0.3, -0.25) is 4.18 Å². The van der Waals surface area contributed by atoms with Gasteiger partial charge in [0.15, 0.2) is 0 Å². The van der Waals surface area contributed by atoms with Crippen LogP contribution in [-0.4, -0.2) is 26.6 Å². The largest absolute Gasteiger partial charge is 0.478 e. The van der Waals surface area contributed by atoms with Gasteiger partial charge in [0.05, 0.1) is 18.1 Å². The molecule has 24 heavy (non-hydrogen) atoms. The van der Waals surface area contributed by atoms with Crippen molar-refractivity contribution in [2.24, 2.45) is 0 Å². The van der Waals surface area contributed by atoms with E-state index < -0.39 is 10.1 Å². The van der Waals surface area contributed by atoms with E-state index in [9.17, 15) is 8.42 Å². The zero-order valence-electron chi connectivity index (χ0n) is 13.8. The van der Waals surface area contributed by atoms with Crippen LogP contribution in [0.2, 0.25) is 0 Å². The predicted molar refractivity (Wildman–Crippen MR) is 92.5 cm³/mol. The molecule has 0 aliphatic heterocycles. The van der Waals surface area contributed by atoms with E-state index in [0.717, 1.165) is 24.8 Å². The van der Waals surface area contributed by atoms with E-state index in [-0.39, 0.29) is 11.5 Å². The summed E-state index contributed by atoms with van der Waals surface area (Å²) < 4.78 is 34.5. The third-order valence-corrected chi connectivity index (χ3v) is 4.80. The molecular formula is C18H23NO4S. The summed E-state index contributed by atoms with van der Waals surface area (Å²) in [6, 6.07) is 12.2. The summed E-state index contributed by atoms with van der Waals surface area (Å²) in [5.41, 5.74) is 1.02. The molecule has 130 valence electrons. The monoisotopic (exact) mass is 349 g/mol. The molecular weight excluding hydrogens is 326 g/mol. The van der Waals surface area contributed by atoms with Gasteiger partial charge in [0.25, 0.3) is 10.1 Å². The predicted octanol–water partition coefficient (Wildman–Crippen LogP) is 3.73. The highest BCUT2D eigenvalue weighted by atomic mass is 32.2. The van der Waals surface area contributed by atoms with Gasteiger partial charge in [-0.2, -0.15) is 8.42 Å². The van der Waals surface area contributed by atoms with Crippen molar-refractivity contribution in [2.45, 2.75) is 37.5 Å². The van der Waals surface area contributed by atoms with Crippen LogP contribution < -0.4 is 4.74 Å². The Hall–Kier alpha value is -1.92. The van der Waals surface area contributed by atoms with Crippen LogP contribution in [0, 0.1) is 6.92 Å². The molecule has 0 atom stereocenters. The molecule has 0 unspecified atom stereocenters. The van der Waals surface area contributed by atoms with E-state index in [0.29, 0.717) is 18.9 Å². The van der Waals surface area contributed by atoms with Crippen LogP contribution >= 0.6 is 0 Å². The summed E-state index contributed by atoms with van der Waals surface area (Å²) in [4.78, 5) is 4.28. The third-order valence-electron chi connectivity index (χ3n) is 3.47. The lowest BCUT2D eigenvalue weighted by Gasteiger charge is -2.07. The average Bonchev–Trinajstić information content (AvgIpc) is 2.58. The minimum absolute atomic E-state index is 0.205. The lowest BCUT2D eigenvalue weighted by molar-refractivity contribution is 0.282. The van der Waals surface area contributed by atoms with Gasteiger partial charge < -0.3 is 4.74 Å². The first kappa shape index (κ1) is 18.4. The van der Waals surface area contributed by atoms with Gasteiger partial charge in [-0.05, 0) is 44.4 Å². The molecule has 2 rings (SSSR count). The molecule has 0 fully saturated rings. The fraction of sp³-hybridized carbons (Fsp3) is 0.389. The number of hydrogen-bond acceptors (Lipinski definition) is 5. The van der Waals surface area contributed by atoms with E-state index in [1.165, 1.54) is 0 Å². The van der Waals surface area contributed by atoms with Crippen molar-refractivity contribution in [3.63, 3.8) is 0 Å². The number of aryl methyl sites for hydroxylation is 1. The molecule has 0 amide bonds. The highest BCUT2D eigenvalue weighted by Gasteiger charge is 2.14. The molecule has 1 aromatic carbocycles. The Balaban J connectivity index is 1.57. The highest BCUT2D eigenvalue weighted by molar-refractivity contribution is 7.86. The van der Waals surface area contributed by atoms with Crippen LogP contribution in [0.15, 0.2) is 53.6 Å². The normalized spacial score (nSPS) is 11.4. The molecule has 0 N–H and O–H groups in total. The molecule has 5 nitrogen and oxygen atoms in total. The summed E-state index contributed by atoms with van der Waals surface area (Å²) in [7, 11) is -3.64. The smallest absolute Gasteiger partial charge is 0.296 e. The maximum absolute atomic E-state index is 12.0. The van der Waals surface area contributed by atoms with E-state index in [1.54, 1.807) is 30.5 Å². The average molecular weight is 349 g/mol. The summed E-state index contributed by atoms with van der Waals surface area (Å²) in [6.45, 7) is 2.73. The van der Waals surface area contributed by atoms with Crippen molar-refractivity contribution in [2.75, 3.05) is 13.2 Å². The molecule has 0 radical (unpaired) electrons. The van der Waals surface area contributed by atoms with Crippen molar-refractivity contribution < 1.29 is 17.3 Å². The molecule has 1 aromatic heterocycles. The molecule has 1 heterocycles. The first-order chi connectivity index (χ1) is 11.6. The van der Waals surface area contributed by atoms with Crippen molar-refractivity contribution in [1.29, 1.82) is 0 Å². The van der Waals surface area contributed by atoms with Crippen LogP contribution in [0.1, 0.15) is 31.2 Å². The minimum Gasteiger partial charge on any atom is -0.478 e. The molecule has 0 aliphatic carbocycles. The molecule has 0 saturated heterocycles.